The number of aromatic hydroxyl groups is 1. The average Bonchev–Trinajstić information content (AvgIpc) is 3.51. The lowest BCUT2D eigenvalue weighted by Gasteiger charge is -2.50. The molecule has 3 aliphatic carbocycles. The number of phenolic OH excluding ortho intramolecular Hbond substituents is 1. The summed E-state index contributed by atoms with van der Waals surface area (Å²) in [6, 6.07) is 10.1. The van der Waals surface area contributed by atoms with Gasteiger partial charge in [-0.05, 0) is 67.7 Å². The number of nitrogens with one attached hydrogen (secondary N) is 1. The van der Waals surface area contributed by atoms with Gasteiger partial charge in [-0.2, -0.15) is 0 Å². The number of fused-ring (bicyclic) bond motifs is 3. The van der Waals surface area contributed by atoms with E-state index in [9.17, 15) is 39.6 Å². The fourth-order valence-electron chi connectivity index (χ4n) is 6.78. The maximum atomic E-state index is 13.9. The number of phenols is 1. The first kappa shape index (κ1) is 28.8. The number of carbonyl (C=O) groups is 4. The third-order valence-electron chi connectivity index (χ3n) is 8.72. The highest BCUT2D eigenvalue weighted by Gasteiger charge is 2.63. The Morgan fingerprint density at radius 1 is 1.07 bits per heavy atom. The lowest BCUT2D eigenvalue weighted by molar-refractivity contribution is -0.148. The number of benzene rings is 2. The van der Waals surface area contributed by atoms with E-state index in [2.05, 4.69) is 10.5 Å². The number of primary amides is 1. The van der Waals surface area contributed by atoms with E-state index in [0.29, 0.717) is 22.4 Å². The molecule has 1 aromatic heterocycles. The maximum Gasteiger partial charge on any atom is 0.294 e. The van der Waals surface area contributed by atoms with E-state index in [-0.39, 0.29) is 35.5 Å². The molecule has 0 fully saturated rings. The van der Waals surface area contributed by atoms with Gasteiger partial charge in [0, 0.05) is 23.2 Å². The number of likely N-dealkylation sites (N-methyl/N-ethyl adjacent to an activating group) is 1. The molecule has 2 amide bonds. The van der Waals surface area contributed by atoms with Crippen molar-refractivity contribution in [2.45, 2.75) is 24.5 Å². The largest absolute Gasteiger partial charge is 0.510 e. The van der Waals surface area contributed by atoms with E-state index in [1.807, 2.05) is 0 Å². The van der Waals surface area contributed by atoms with Gasteiger partial charge in [0.05, 0.1) is 17.8 Å². The number of aliphatic hydroxyl groups is 3. The average molecular weight is 601 g/mol. The standard InChI is InChI=1S/C31H28N4O9/c1-35(2)24-18-12-14-11-17-16(13-3-5-15(6-4-13)34-30(42)20-9-10-33-44-20)7-8-19(36)22(17)25(37)21(14)27(39)31(18,43)28(40)23(26(24)38)29(32)41/h3-10,14,18,24,36,38-39,43H,11-12H2,1-2H3,(H2,32,41)(H,34,42)/t14-,18-,24-,31-/m1/s1. The molecule has 6 rings (SSSR count). The molecule has 3 aliphatic rings. The molecule has 3 aromatic rings. The van der Waals surface area contributed by atoms with Crippen LogP contribution in [0, 0.1) is 11.8 Å². The molecule has 0 radical (unpaired) electrons. The number of Topliss-reactive ketones (excluding diaryl/α,β-unsaturated/α-hetero) is 2. The van der Waals surface area contributed by atoms with Gasteiger partial charge in [0.1, 0.15) is 22.8 Å². The molecule has 0 bridgehead atoms. The van der Waals surface area contributed by atoms with Crippen LogP contribution in [0.25, 0.3) is 11.1 Å². The zero-order valence-corrected chi connectivity index (χ0v) is 23.6. The van der Waals surface area contributed by atoms with Crippen LogP contribution in [0.4, 0.5) is 5.69 Å². The molecule has 0 unspecified atom stereocenters. The predicted octanol–water partition coefficient (Wildman–Crippen LogP) is 2.03. The monoisotopic (exact) mass is 600 g/mol. The predicted molar refractivity (Wildman–Crippen MR) is 154 cm³/mol. The summed E-state index contributed by atoms with van der Waals surface area (Å²) in [7, 11) is 3.14. The van der Waals surface area contributed by atoms with Crippen molar-refractivity contribution in [3.63, 3.8) is 0 Å². The highest BCUT2D eigenvalue weighted by Crippen LogP contribution is 2.53. The van der Waals surface area contributed by atoms with Gasteiger partial charge in [-0.3, -0.25) is 24.1 Å². The first-order valence-electron chi connectivity index (χ1n) is 13.7. The smallest absolute Gasteiger partial charge is 0.294 e. The Morgan fingerprint density at radius 3 is 2.39 bits per heavy atom. The molecule has 1 heterocycles. The molecule has 44 heavy (non-hydrogen) atoms. The lowest BCUT2D eigenvalue weighted by atomic mass is 9.58. The number of nitrogens with two attached hydrogens (primary N) is 1. The lowest BCUT2D eigenvalue weighted by Crippen LogP contribution is -2.63. The number of aliphatic hydroxyl groups excluding tert-OH is 2. The molecule has 4 atom stereocenters. The highest BCUT2D eigenvalue weighted by molar-refractivity contribution is 6.25. The Morgan fingerprint density at radius 2 is 1.77 bits per heavy atom. The molecule has 226 valence electrons. The number of hydrogen-bond acceptors (Lipinski definition) is 11. The summed E-state index contributed by atoms with van der Waals surface area (Å²) in [6.45, 7) is 0. The van der Waals surface area contributed by atoms with Gasteiger partial charge in [0.25, 0.3) is 11.8 Å². The van der Waals surface area contributed by atoms with Crippen molar-refractivity contribution in [3.8, 4) is 16.9 Å². The molecule has 13 heteroatoms. The van der Waals surface area contributed by atoms with Crippen molar-refractivity contribution in [3.05, 3.63) is 88.2 Å². The minimum Gasteiger partial charge on any atom is -0.510 e. The van der Waals surface area contributed by atoms with Crippen LogP contribution in [0.2, 0.25) is 0 Å². The van der Waals surface area contributed by atoms with Gasteiger partial charge in [-0.15, -0.1) is 0 Å². The van der Waals surface area contributed by atoms with Crippen LogP contribution < -0.4 is 11.1 Å². The van der Waals surface area contributed by atoms with Gasteiger partial charge in [-0.25, -0.2) is 0 Å². The second-order valence-corrected chi connectivity index (χ2v) is 11.4. The van der Waals surface area contributed by atoms with Crippen molar-refractivity contribution in [1.29, 1.82) is 0 Å². The van der Waals surface area contributed by atoms with Crippen LogP contribution in [0.1, 0.15) is 32.9 Å². The zero-order valence-electron chi connectivity index (χ0n) is 23.6. The number of amides is 2. The summed E-state index contributed by atoms with van der Waals surface area (Å²) in [5, 5.41) is 51.1. The van der Waals surface area contributed by atoms with E-state index in [4.69, 9.17) is 10.3 Å². The van der Waals surface area contributed by atoms with Crippen molar-refractivity contribution in [1.82, 2.24) is 10.1 Å². The van der Waals surface area contributed by atoms with Gasteiger partial charge in [-0.1, -0.05) is 23.4 Å². The van der Waals surface area contributed by atoms with Gasteiger partial charge < -0.3 is 36.0 Å². The number of allylic oxidation sites excluding steroid dienone is 1. The summed E-state index contributed by atoms with van der Waals surface area (Å²) in [6.07, 6.45) is 1.47. The van der Waals surface area contributed by atoms with Crippen molar-refractivity contribution in [2.24, 2.45) is 17.6 Å². The van der Waals surface area contributed by atoms with Crippen LogP contribution in [-0.2, 0) is 16.0 Å². The quantitative estimate of drug-likeness (QED) is 0.233. The SMILES string of the molecule is CN(C)[C@H]1C(O)=C(C(N)=O)C(=O)[C@]2(O)C(O)=C3C(=O)c4c(O)ccc(-c5ccc(NC(=O)c6ccno6)cc5)c4C[C@@H]3C[C@H]12. The number of aromatic nitrogens is 1. The Bertz CT molecular complexity index is 1810. The summed E-state index contributed by atoms with van der Waals surface area (Å²) >= 11 is 0. The highest BCUT2D eigenvalue weighted by atomic mass is 16.5. The number of ketones is 2. The third-order valence-corrected chi connectivity index (χ3v) is 8.72. The first-order valence-corrected chi connectivity index (χ1v) is 13.7. The molecule has 2 aromatic carbocycles. The summed E-state index contributed by atoms with van der Waals surface area (Å²) in [5.74, 6) is -7.53. The van der Waals surface area contributed by atoms with Gasteiger partial charge in [0.15, 0.2) is 11.4 Å². The number of rotatable bonds is 5. The Labute approximate surface area is 249 Å². The summed E-state index contributed by atoms with van der Waals surface area (Å²) < 4.78 is 4.87. The Hall–Kier alpha value is -5.27. The van der Waals surface area contributed by atoms with E-state index in [1.165, 1.54) is 23.2 Å². The van der Waals surface area contributed by atoms with E-state index < -0.39 is 64.0 Å². The minimum atomic E-state index is -2.70. The second-order valence-electron chi connectivity index (χ2n) is 11.4. The molecular weight excluding hydrogens is 572 g/mol. The molecular formula is C31H28N4O9. The fraction of sp³-hybridized carbons (Fsp3) is 0.258. The fourth-order valence-corrected chi connectivity index (χ4v) is 6.78. The van der Waals surface area contributed by atoms with E-state index in [0.717, 1.165) is 0 Å². The van der Waals surface area contributed by atoms with Crippen molar-refractivity contribution in [2.75, 3.05) is 19.4 Å². The zero-order chi connectivity index (χ0) is 31.7. The number of nitrogens with zero attached hydrogens (tertiary/aromatic N) is 2. The Kier molecular flexibility index (Phi) is 6.67. The van der Waals surface area contributed by atoms with Gasteiger partial charge >= 0.3 is 0 Å². The third kappa shape index (κ3) is 4.12. The topological polar surface area (TPSA) is 217 Å². The normalized spacial score (nSPS) is 24.6. The van der Waals surface area contributed by atoms with E-state index >= 15 is 0 Å². The number of hydrogen-bond donors (Lipinski definition) is 6. The minimum absolute atomic E-state index is 0.0204. The Balaban J connectivity index is 1.41. The molecule has 0 saturated carbocycles. The molecule has 0 aliphatic heterocycles. The molecule has 7 N–H and O–H groups in total. The summed E-state index contributed by atoms with van der Waals surface area (Å²) in [5.41, 5.74) is 3.73. The first-order chi connectivity index (χ1) is 20.9. The van der Waals surface area contributed by atoms with Crippen molar-refractivity contribution < 1.29 is 44.1 Å². The summed E-state index contributed by atoms with van der Waals surface area (Å²) in [4.78, 5) is 53.3. The van der Waals surface area contributed by atoms with Crippen molar-refractivity contribution >= 4 is 29.1 Å². The molecule has 13 nitrogen and oxygen atoms in total. The number of anilines is 1. The molecule has 0 spiro atoms. The van der Waals surface area contributed by atoms with Crippen LogP contribution in [-0.4, -0.2) is 79.6 Å². The molecule has 0 saturated heterocycles. The van der Waals surface area contributed by atoms with Crippen LogP contribution >= 0.6 is 0 Å². The van der Waals surface area contributed by atoms with Crippen LogP contribution in [0.3, 0.4) is 0 Å². The number of carbonyl (C=O) groups excluding carboxylic acids is 4. The van der Waals surface area contributed by atoms with Gasteiger partial charge in [0.2, 0.25) is 11.5 Å². The second kappa shape index (κ2) is 10.2. The maximum absolute atomic E-state index is 13.9. The van der Waals surface area contributed by atoms with Crippen LogP contribution in [0.15, 0.2) is 75.8 Å². The van der Waals surface area contributed by atoms with E-state index in [1.54, 1.807) is 44.4 Å². The van der Waals surface area contributed by atoms with Crippen LogP contribution in [0.5, 0.6) is 5.75 Å².